The van der Waals surface area contributed by atoms with Gasteiger partial charge in [-0.2, -0.15) is 0 Å². The smallest absolute Gasteiger partial charge is 0.308 e. The van der Waals surface area contributed by atoms with Gasteiger partial charge >= 0.3 is 5.97 Å². The fraction of sp³-hybridized carbons (Fsp3) is 0.643. The van der Waals surface area contributed by atoms with E-state index >= 15 is 0 Å². The fourth-order valence-electron chi connectivity index (χ4n) is 2.40. The molecule has 2 rings (SSSR count). The number of hydrogen-bond donors (Lipinski definition) is 1. The molecule has 0 aromatic carbocycles. The molecule has 1 aromatic heterocycles. The van der Waals surface area contributed by atoms with Gasteiger partial charge in [-0.25, -0.2) is 4.98 Å². The lowest BCUT2D eigenvalue weighted by molar-refractivity contribution is -0.143. The Hall–Kier alpha value is -1.47. The number of aliphatic carboxylic acids is 1. The number of nitrogens with zero attached hydrogens (tertiary/aromatic N) is 2. The number of carboxylic acids is 1. The molecule has 21 heavy (non-hydrogen) atoms. The lowest BCUT2D eigenvalue weighted by Gasteiger charge is -2.30. The number of methoxy groups -OCH3 is 1. The lowest BCUT2D eigenvalue weighted by Crippen LogP contribution is -2.42. The number of piperidine rings is 1. The first kappa shape index (κ1) is 15.9. The van der Waals surface area contributed by atoms with Gasteiger partial charge in [-0.3, -0.25) is 9.59 Å². The van der Waals surface area contributed by atoms with E-state index in [1.165, 1.54) is 11.3 Å². The van der Waals surface area contributed by atoms with Crippen LogP contribution in [0.25, 0.3) is 0 Å². The van der Waals surface area contributed by atoms with Crippen molar-refractivity contribution in [1.29, 1.82) is 0 Å². The molecular weight excluding hydrogens is 292 g/mol. The molecule has 1 amide bonds. The molecule has 0 spiro atoms. The van der Waals surface area contributed by atoms with Gasteiger partial charge in [0.15, 0.2) is 0 Å². The summed E-state index contributed by atoms with van der Waals surface area (Å²) in [6.07, 6.45) is 1.21. The SMILES string of the molecule is COC(C)c1nc(C)c(C(=O)N2CCCC(C(=O)O)C2)s1. The van der Waals surface area contributed by atoms with Gasteiger partial charge in [0.25, 0.3) is 5.91 Å². The topological polar surface area (TPSA) is 79.7 Å². The van der Waals surface area contributed by atoms with Crippen molar-refractivity contribution in [3.8, 4) is 0 Å². The molecule has 1 saturated heterocycles. The van der Waals surface area contributed by atoms with Crippen LogP contribution in [0.5, 0.6) is 0 Å². The van der Waals surface area contributed by atoms with Gasteiger partial charge in [-0.1, -0.05) is 0 Å². The van der Waals surface area contributed by atoms with Crippen LogP contribution in [0.1, 0.15) is 46.2 Å². The van der Waals surface area contributed by atoms with E-state index < -0.39 is 11.9 Å². The summed E-state index contributed by atoms with van der Waals surface area (Å²) in [7, 11) is 1.60. The van der Waals surface area contributed by atoms with Gasteiger partial charge in [-0.05, 0) is 26.7 Å². The summed E-state index contributed by atoms with van der Waals surface area (Å²) in [5.74, 6) is -1.42. The molecule has 6 nitrogen and oxygen atoms in total. The lowest BCUT2D eigenvalue weighted by atomic mass is 9.98. The van der Waals surface area contributed by atoms with Crippen LogP contribution in [0.4, 0.5) is 0 Å². The van der Waals surface area contributed by atoms with Gasteiger partial charge in [0, 0.05) is 20.2 Å². The van der Waals surface area contributed by atoms with Crippen LogP contribution >= 0.6 is 11.3 Å². The molecule has 0 radical (unpaired) electrons. The second kappa shape index (κ2) is 6.53. The predicted molar refractivity (Wildman–Crippen MR) is 78.5 cm³/mol. The average Bonchev–Trinajstić information content (AvgIpc) is 2.87. The summed E-state index contributed by atoms with van der Waals surface area (Å²) in [6, 6.07) is 0. The third-order valence-corrected chi connectivity index (χ3v) is 5.07. The highest BCUT2D eigenvalue weighted by Crippen LogP contribution is 2.28. The summed E-state index contributed by atoms with van der Waals surface area (Å²) in [4.78, 5) is 30.3. The molecule has 116 valence electrons. The molecular formula is C14H20N2O4S. The molecule has 1 aliphatic heterocycles. The van der Waals surface area contributed by atoms with Gasteiger partial charge in [0.2, 0.25) is 0 Å². The molecule has 1 N–H and O–H groups in total. The zero-order chi connectivity index (χ0) is 15.6. The number of hydrogen-bond acceptors (Lipinski definition) is 5. The summed E-state index contributed by atoms with van der Waals surface area (Å²) in [5, 5.41) is 9.88. The largest absolute Gasteiger partial charge is 0.481 e. The molecule has 1 fully saturated rings. The standard InChI is InChI=1S/C14H20N2O4S/c1-8-11(21-12(15-8)9(2)20-3)13(17)16-6-4-5-10(7-16)14(18)19/h9-10H,4-7H2,1-3H3,(H,18,19). The molecule has 0 aliphatic carbocycles. The molecule has 0 bridgehead atoms. The van der Waals surface area contributed by atoms with Crippen LogP contribution < -0.4 is 0 Å². The minimum absolute atomic E-state index is 0.120. The maximum absolute atomic E-state index is 12.6. The molecule has 7 heteroatoms. The minimum Gasteiger partial charge on any atom is -0.481 e. The normalized spacial score (nSPS) is 20.3. The number of likely N-dealkylation sites (tertiary alicyclic amines) is 1. The highest BCUT2D eigenvalue weighted by Gasteiger charge is 2.30. The van der Waals surface area contributed by atoms with Gasteiger partial charge in [0.1, 0.15) is 16.0 Å². The Labute approximate surface area is 127 Å². The number of carbonyl (C=O) groups excluding carboxylic acids is 1. The molecule has 1 aromatic rings. The Morgan fingerprint density at radius 3 is 2.86 bits per heavy atom. The van der Waals surface area contributed by atoms with E-state index in [9.17, 15) is 9.59 Å². The quantitative estimate of drug-likeness (QED) is 0.921. The number of carboxylic acid groups (broad SMARTS) is 1. The summed E-state index contributed by atoms with van der Waals surface area (Å²) in [5.41, 5.74) is 0.682. The molecule has 2 atom stereocenters. The number of carbonyl (C=O) groups is 2. The summed E-state index contributed by atoms with van der Waals surface area (Å²) < 4.78 is 5.22. The first-order valence-corrected chi connectivity index (χ1v) is 7.78. The Morgan fingerprint density at radius 1 is 1.52 bits per heavy atom. The van der Waals surface area contributed by atoms with E-state index in [0.717, 1.165) is 11.4 Å². The maximum atomic E-state index is 12.6. The van der Waals surface area contributed by atoms with Crippen molar-refractivity contribution in [2.24, 2.45) is 5.92 Å². The van der Waals surface area contributed by atoms with Crippen LogP contribution in [-0.2, 0) is 9.53 Å². The minimum atomic E-state index is -0.831. The van der Waals surface area contributed by atoms with E-state index in [1.54, 1.807) is 18.9 Å². The summed E-state index contributed by atoms with van der Waals surface area (Å²) >= 11 is 1.33. The number of thiazole rings is 1. The Kier molecular flexibility index (Phi) is 4.95. The third kappa shape index (κ3) is 3.41. The summed E-state index contributed by atoms with van der Waals surface area (Å²) in [6.45, 7) is 4.57. The number of rotatable bonds is 4. The first-order valence-electron chi connectivity index (χ1n) is 6.96. The van der Waals surface area contributed by atoms with Crippen LogP contribution in [0.2, 0.25) is 0 Å². The Morgan fingerprint density at radius 2 is 2.24 bits per heavy atom. The highest BCUT2D eigenvalue weighted by molar-refractivity contribution is 7.13. The number of amides is 1. The van der Waals surface area contributed by atoms with E-state index in [-0.39, 0.29) is 18.6 Å². The number of aryl methyl sites for hydroxylation is 1. The van der Waals surface area contributed by atoms with Gasteiger partial charge in [0.05, 0.1) is 11.6 Å². The second-order valence-electron chi connectivity index (χ2n) is 5.27. The van der Waals surface area contributed by atoms with Crippen molar-refractivity contribution in [2.45, 2.75) is 32.8 Å². The zero-order valence-corrected chi connectivity index (χ0v) is 13.3. The van der Waals surface area contributed by atoms with Crippen molar-refractivity contribution in [1.82, 2.24) is 9.88 Å². The monoisotopic (exact) mass is 312 g/mol. The van der Waals surface area contributed by atoms with Gasteiger partial charge < -0.3 is 14.7 Å². The van der Waals surface area contributed by atoms with Crippen LogP contribution in [0, 0.1) is 12.8 Å². The maximum Gasteiger partial charge on any atom is 0.308 e. The molecule has 1 aliphatic rings. The predicted octanol–water partition coefficient (Wildman–Crippen LogP) is 2.10. The highest BCUT2D eigenvalue weighted by atomic mass is 32.1. The van der Waals surface area contributed by atoms with Crippen molar-refractivity contribution in [2.75, 3.05) is 20.2 Å². The van der Waals surface area contributed by atoms with E-state index in [0.29, 0.717) is 23.5 Å². The van der Waals surface area contributed by atoms with Crippen LogP contribution in [0.3, 0.4) is 0 Å². The fourth-order valence-corrected chi connectivity index (χ4v) is 3.46. The van der Waals surface area contributed by atoms with E-state index in [1.807, 2.05) is 6.92 Å². The average molecular weight is 312 g/mol. The third-order valence-electron chi connectivity index (χ3n) is 3.77. The Bertz CT molecular complexity index is 543. The Balaban J connectivity index is 2.16. The van der Waals surface area contributed by atoms with E-state index in [4.69, 9.17) is 9.84 Å². The van der Waals surface area contributed by atoms with Crippen molar-refractivity contribution >= 4 is 23.2 Å². The van der Waals surface area contributed by atoms with Crippen molar-refractivity contribution < 1.29 is 19.4 Å². The van der Waals surface area contributed by atoms with Crippen molar-refractivity contribution in [3.63, 3.8) is 0 Å². The van der Waals surface area contributed by atoms with Crippen LogP contribution in [0.15, 0.2) is 0 Å². The first-order chi connectivity index (χ1) is 9.93. The second-order valence-corrected chi connectivity index (χ2v) is 6.30. The molecule has 2 heterocycles. The van der Waals surface area contributed by atoms with E-state index in [2.05, 4.69) is 4.98 Å². The number of ether oxygens (including phenoxy) is 1. The zero-order valence-electron chi connectivity index (χ0n) is 12.5. The van der Waals surface area contributed by atoms with Crippen LogP contribution in [-0.4, -0.2) is 47.1 Å². The molecule has 2 unspecified atom stereocenters. The number of aromatic nitrogens is 1. The van der Waals surface area contributed by atoms with Gasteiger partial charge in [-0.15, -0.1) is 11.3 Å². The molecule has 0 saturated carbocycles. The van der Waals surface area contributed by atoms with Crippen molar-refractivity contribution in [3.05, 3.63) is 15.6 Å².